The fourth-order valence-electron chi connectivity index (χ4n) is 1.98. The van der Waals surface area contributed by atoms with Gasteiger partial charge in [0.25, 0.3) is 0 Å². The number of hydrogen-bond donors (Lipinski definition) is 1. The predicted molar refractivity (Wildman–Crippen MR) is 50.8 cm³/mol. The third kappa shape index (κ3) is 2.93. The highest BCUT2D eigenvalue weighted by Crippen LogP contribution is 2.23. The maximum atomic E-state index is 10.9. The van der Waals surface area contributed by atoms with Crippen molar-refractivity contribution in [2.75, 3.05) is 6.54 Å². The zero-order chi connectivity index (χ0) is 9.90. The van der Waals surface area contributed by atoms with Gasteiger partial charge in [-0.05, 0) is 12.8 Å². The van der Waals surface area contributed by atoms with Crippen LogP contribution < -0.4 is 0 Å². The van der Waals surface area contributed by atoms with Crippen LogP contribution in [0.15, 0.2) is 0 Å². The Morgan fingerprint density at radius 2 is 1.85 bits per heavy atom. The van der Waals surface area contributed by atoms with E-state index in [1.54, 1.807) is 6.92 Å². The summed E-state index contributed by atoms with van der Waals surface area (Å²) in [6, 6.07) is 0.0220. The molecule has 1 N–H and O–H groups in total. The van der Waals surface area contributed by atoms with E-state index in [-0.39, 0.29) is 6.04 Å². The summed E-state index contributed by atoms with van der Waals surface area (Å²) in [6.45, 7) is 2.12. The lowest BCUT2D eigenvalue weighted by atomic mass is 9.95. The molecule has 0 aliphatic heterocycles. The van der Waals surface area contributed by atoms with Crippen molar-refractivity contribution in [2.24, 2.45) is 0 Å². The van der Waals surface area contributed by atoms with Crippen LogP contribution in [0.1, 0.15) is 39.0 Å². The molecular weight excluding hydrogens is 190 g/mol. The molecule has 0 unspecified atom stereocenters. The molecular formula is C8H17NO3S. The topological polar surface area (TPSA) is 57.6 Å². The standard InChI is InChI=1S/C8H17NO3S/c1-2-9(13(10,11)12)8-6-4-3-5-7-8/h8H,2-7H2,1H3,(H,10,11,12). The molecule has 0 aromatic heterocycles. The summed E-state index contributed by atoms with van der Waals surface area (Å²) in [7, 11) is -3.98. The molecule has 1 saturated carbocycles. The van der Waals surface area contributed by atoms with E-state index in [0.29, 0.717) is 6.54 Å². The van der Waals surface area contributed by atoms with Crippen LogP contribution in [-0.4, -0.2) is 29.9 Å². The molecule has 1 fully saturated rings. The first kappa shape index (κ1) is 10.9. The highest BCUT2D eigenvalue weighted by molar-refractivity contribution is 7.83. The summed E-state index contributed by atoms with van der Waals surface area (Å²) in [5, 5.41) is 0. The van der Waals surface area contributed by atoms with E-state index in [1.807, 2.05) is 0 Å². The summed E-state index contributed by atoms with van der Waals surface area (Å²) in [6.07, 6.45) is 5.08. The van der Waals surface area contributed by atoms with Crippen LogP contribution in [0.4, 0.5) is 0 Å². The molecule has 0 saturated heterocycles. The second kappa shape index (κ2) is 4.39. The summed E-state index contributed by atoms with van der Waals surface area (Å²) >= 11 is 0. The van der Waals surface area contributed by atoms with Crippen LogP contribution in [0.25, 0.3) is 0 Å². The van der Waals surface area contributed by atoms with Crippen molar-refractivity contribution < 1.29 is 13.0 Å². The largest absolute Gasteiger partial charge is 0.336 e. The van der Waals surface area contributed by atoms with Gasteiger partial charge in [-0.25, -0.2) is 0 Å². The van der Waals surface area contributed by atoms with Gasteiger partial charge in [-0.1, -0.05) is 26.2 Å². The fraction of sp³-hybridized carbons (Fsp3) is 1.00. The molecule has 0 amide bonds. The van der Waals surface area contributed by atoms with Gasteiger partial charge in [-0.15, -0.1) is 0 Å². The van der Waals surface area contributed by atoms with Crippen LogP contribution in [-0.2, 0) is 10.3 Å². The van der Waals surface area contributed by atoms with Crippen molar-refractivity contribution in [3.8, 4) is 0 Å². The molecule has 0 aromatic carbocycles. The first-order chi connectivity index (χ1) is 6.05. The molecule has 0 aromatic rings. The summed E-state index contributed by atoms with van der Waals surface area (Å²) in [4.78, 5) is 0. The minimum Gasteiger partial charge on any atom is -0.273 e. The van der Waals surface area contributed by atoms with Gasteiger partial charge in [-0.2, -0.15) is 12.7 Å². The Hall–Kier alpha value is -0.130. The lowest BCUT2D eigenvalue weighted by Gasteiger charge is -2.30. The van der Waals surface area contributed by atoms with Gasteiger partial charge in [-0.3, -0.25) is 4.55 Å². The third-order valence-electron chi connectivity index (χ3n) is 2.59. The summed E-state index contributed by atoms with van der Waals surface area (Å²) < 4.78 is 32.0. The zero-order valence-electron chi connectivity index (χ0n) is 7.94. The Morgan fingerprint density at radius 1 is 1.31 bits per heavy atom. The van der Waals surface area contributed by atoms with Crippen molar-refractivity contribution in [1.82, 2.24) is 4.31 Å². The molecule has 13 heavy (non-hydrogen) atoms. The number of nitrogens with zero attached hydrogens (tertiary/aromatic N) is 1. The maximum absolute atomic E-state index is 10.9. The van der Waals surface area contributed by atoms with E-state index in [9.17, 15) is 8.42 Å². The van der Waals surface area contributed by atoms with E-state index in [1.165, 1.54) is 10.7 Å². The first-order valence-corrected chi connectivity index (χ1v) is 6.19. The highest BCUT2D eigenvalue weighted by atomic mass is 32.2. The maximum Gasteiger partial charge on any atom is 0.336 e. The van der Waals surface area contributed by atoms with Gasteiger partial charge in [0.05, 0.1) is 0 Å². The lowest BCUT2D eigenvalue weighted by Crippen LogP contribution is -2.40. The molecule has 1 rings (SSSR count). The van der Waals surface area contributed by atoms with Crippen LogP contribution in [0, 0.1) is 0 Å². The van der Waals surface area contributed by atoms with E-state index in [2.05, 4.69) is 0 Å². The molecule has 5 heteroatoms. The fourth-order valence-corrected chi connectivity index (χ4v) is 2.89. The quantitative estimate of drug-likeness (QED) is 0.712. The Kier molecular flexibility index (Phi) is 3.70. The molecule has 0 radical (unpaired) electrons. The predicted octanol–water partition coefficient (Wildman–Crippen LogP) is 1.44. The Bertz CT molecular complexity index is 244. The molecule has 0 bridgehead atoms. The molecule has 4 nitrogen and oxygen atoms in total. The SMILES string of the molecule is CCN(C1CCCCC1)S(=O)(=O)O. The van der Waals surface area contributed by atoms with Crippen molar-refractivity contribution in [2.45, 2.75) is 45.1 Å². The van der Waals surface area contributed by atoms with Crippen LogP contribution in [0.2, 0.25) is 0 Å². The Balaban J connectivity index is 2.65. The molecule has 0 heterocycles. The number of rotatable bonds is 3. The minimum absolute atomic E-state index is 0.0220. The van der Waals surface area contributed by atoms with Crippen molar-refractivity contribution in [1.29, 1.82) is 0 Å². The van der Waals surface area contributed by atoms with Crippen molar-refractivity contribution >= 4 is 10.3 Å². The zero-order valence-corrected chi connectivity index (χ0v) is 8.76. The van der Waals surface area contributed by atoms with E-state index < -0.39 is 10.3 Å². The van der Waals surface area contributed by atoms with E-state index >= 15 is 0 Å². The monoisotopic (exact) mass is 207 g/mol. The molecule has 0 atom stereocenters. The second-order valence-electron chi connectivity index (χ2n) is 3.47. The highest BCUT2D eigenvalue weighted by Gasteiger charge is 2.27. The molecule has 1 aliphatic carbocycles. The summed E-state index contributed by atoms with van der Waals surface area (Å²) in [5.41, 5.74) is 0. The van der Waals surface area contributed by atoms with Crippen molar-refractivity contribution in [3.05, 3.63) is 0 Å². The minimum atomic E-state index is -3.98. The van der Waals surface area contributed by atoms with E-state index in [4.69, 9.17) is 4.55 Å². The van der Waals surface area contributed by atoms with Gasteiger partial charge >= 0.3 is 10.3 Å². The smallest absolute Gasteiger partial charge is 0.273 e. The molecule has 1 aliphatic rings. The van der Waals surface area contributed by atoms with Crippen LogP contribution in [0.5, 0.6) is 0 Å². The van der Waals surface area contributed by atoms with Crippen molar-refractivity contribution in [3.63, 3.8) is 0 Å². The third-order valence-corrected chi connectivity index (χ3v) is 3.74. The van der Waals surface area contributed by atoms with Gasteiger partial charge in [0.1, 0.15) is 0 Å². The van der Waals surface area contributed by atoms with Gasteiger partial charge < -0.3 is 0 Å². The second-order valence-corrected chi connectivity index (χ2v) is 4.84. The number of hydrogen-bond acceptors (Lipinski definition) is 2. The van der Waals surface area contributed by atoms with Gasteiger partial charge in [0, 0.05) is 12.6 Å². The van der Waals surface area contributed by atoms with Gasteiger partial charge in [0.15, 0.2) is 0 Å². The summed E-state index contributed by atoms with van der Waals surface area (Å²) in [5.74, 6) is 0. The van der Waals surface area contributed by atoms with Crippen LogP contribution >= 0.6 is 0 Å². The lowest BCUT2D eigenvalue weighted by molar-refractivity contribution is 0.240. The van der Waals surface area contributed by atoms with Gasteiger partial charge in [0.2, 0.25) is 0 Å². The molecule has 78 valence electrons. The van der Waals surface area contributed by atoms with Crippen LogP contribution in [0.3, 0.4) is 0 Å². The Labute approximate surface area is 79.8 Å². The first-order valence-electron chi connectivity index (χ1n) is 4.80. The Morgan fingerprint density at radius 3 is 2.23 bits per heavy atom. The average molecular weight is 207 g/mol. The normalized spacial score (nSPS) is 20.8. The average Bonchev–Trinajstić information content (AvgIpc) is 2.05. The van der Waals surface area contributed by atoms with E-state index in [0.717, 1.165) is 25.7 Å². The molecule has 0 spiro atoms.